The summed E-state index contributed by atoms with van der Waals surface area (Å²) < 4.78 is 7.38. The van der Waals surface area contributed by atoms with Crippen LogP contribution < -0.4 is 0 Å². The predicted molar refractivity (Wildman–Crippen MR) is 69.2 cm³/mol. The van der Waals surface area contributed by atoms with Gasteiger partial charge in [0.15, 0.2) is 0 Å². The lowest BCUT2D eigenvalue weighted by molar-refractivity contribution is 0.0601. The van der Waals surface area contributed by atoms with E-state index in [1.54, 1.807) is 12.1 Å². The largest absolute Gasteiger partial charge is 0.465 e. The molecule has 0 saturated carbocycles. The average Bonchev–Trinajstić information content (AvgIpc) is 2.65. The zero-order valence-corrected chi connectivity index (χ0v) is 11.5. The highest BCUT2D eigenvalue weighted by molar-refractivity contribution is 9.10. The van der Waals surface area contributed by atoms with Gasteiger partial charge in [0, 0.05) is 11.4 Å². The van der Waals surface area contributed by atoms with E-state index in [1.807, 2.05) is 24.6 Å². The van der Waals surface area contributed by atoms with Crippen molar-refractivity contribution >= 4 is 32.8 Å². The maximum atomic E-state index is 11.5. The fraction of sp³-hybridized carbons (Fsp3) is 0.333. The lowest BCUT2D eigenvalue weighted by Gasteiger charge is -2.07. The monoisotopic (exact) mass is 296 g/mol. The van der Waals surface area contributed by atoms with Crippen LogP contribution in [0.3, 0.4) is 0 Å². The third kappa shape index (κ3) is 2.07. The molecule has 1 aromatic heterocycles. The van der Waals surface area contributed by atoms with Crippen molar-refractivity contribution in [3.8, 4) is 0 Å². The molecule has 0 bridgehead atoms. The van der Waals surface area contributed by atoms with Gasteiger partial charge in [-0.2, -0.15) is 5.10 Å². The van der Waals surface area contributed by atoms with Gasteiger partial charge in [0.1, 0.15) is 4.60 Å². The smallest absolute Gasteiger partial charge is 0.337 e. The van der Waals surface area contributed by atoms with Crippen molar-refractivity contribution < 1.29 is 9.53 Å². The minimum absolute atomic E-state index is 0.233. The number of fused-ring (bicyclic) bond motifs is 1. The summed E-state index contributed by atoms with van der Waals surface area (Å²) >= 11 is 3.42. The van der Waals surface area contributed by atoms with E-state index in [9.17, 15) is 4.79 Å². The van der Waals surface area contributed by atoms with Crippen LogP contribution in [0, 0.1) is 0 Å². The van der Waals surface area contributed by atoms with Crippen LogP contribution >= 0.6 is 15.9 Å². The van der Waals surface area contributed by atoms with E-state index in [0.717, 1.165) is 15.5 Å². The first kappa shape index (κ1) is 12.1. The molecule has 0 fully saturated rings. The van der Waals surface area contributed by atoms with E-state index in [1.165, 1.54) is 7.11 Å². The van der Waals surface area contributed by atoms with Gasteiger partial charge in [-0.15, -0.1) is 0 Å². The van der Waals surface area contributed by atoms with Crippen LogP contribution in [0.2, 0.25) is 0 Å². The van der Waals surface area contributed by atoms with E-state index in [2.05, 4.69) is 21.0 Å². The van der Waals surface area contributed by atoms with E-state index in [0.29, 0.717) is 5.56 Å². The zero-order valence-electron chi connectivity index (χ0n) is 9.90. The van der Waals surface area contributed by atoms with Gasteiger partial charge in [-0.3, -0.25) is 4.68 Å². The third-order valence-corrected chi connectivity index (χ3v) is 3.16. The van der Waals surface area contributed by atoms with E-state index in [-0.39, 0.29) is 12.0 Å². The van der Waals surface area contributed by atoms with Gasteiger partial charge in [0.25, 0.3) is 0 Å². The molecule has 0 spiro atoms. The van der Waals surface area contributed by atoms with Gasteiger partial charge in [-0.1, -0.05) is 0 Å². The number of methoxy groups -OCH3 is 1. The molecule has 17 heavy (non-hydrogen) atoms. The van der Waals surface area contributed by atoms with E-state index in [4.69, 9.17) is 4.74 Å². The van der Waals surface area contributed by atoms with Crippen LogP contribution in [-0.2, 0) is 4.74 Å². The summed E-state index contributed by atoms with van der Waals surface area (Å²) in [6.07, 6.45) is 0. The van der Waals surface area contributed by atoms with Gasteiger partial charge in [-0.05, 0) is 48.0 Å². The van der Waals surface area contributed by atoms with Crippen molar-refractivity contribution in [2.24, 2.45) is 0 Å². The third-order valence-electron chi connectivity index (χ3n) is 2.57. The first-order valence-corrected chi connectivity index (χ1v) is 6.10. The normalized spacial score (nSPS) is 11.1. The molecule has 2 rings (SSSR count). The summed E-state index contributed by atoms with van der Waals surface area (Å²) in [6, 6.07) is 5.65. The number of carbonyl (C=O) groups excluding carboxylic acids is 1. The lowest BCUT2D eigenvalue weighted by Crippen LogP contribution is -2.04. The summed E-state index contributed by atoms with van der Waals surface area (Å²) in [5, 5.41) is 5.39. The molecule has 0 aliphatic rings. The van der Waals surface area contributed by atoms with Gasteiger partial charge >= 0.3 is 5.97 Å². The zero-order chi connectivity index (χ0) is 12.6. The Balaban J connectivity index is 2.66. The van der Waals surface area contributed by atoms with Crippen LogP contribution in [0.5, 0.6) is 0 Å². The molecule has 4 nitrogen and oxygen atoms in total. The second kappa shape index (κ2) is 4.49. The van der Waals surface area contributed by atoms with Gasteiger partial charge in [0.05, 0.1) is 18.2 Å². The molecule has 90 valence electrons. The van der Waals surface area contributed by atoms with E-state index < -0.39 is 0 Å². The predicted octanol–water partition coefficient (Wildman–Crippen LogP) is 3.17. The fourth-order valence-corrected chi connectivity index (χ4v) is 2.24. The first-order valence-electron chi connectivity index (χ1n) is 5.30. The number of nitrogens with zero attached hydrogens (tertiary/aromatic N) is 2. The Kier molecular flexibility index (Phi) is 3.19. The molecule has 5 heteroatoms. The van der Waals surface area contributed by atoms with E-state index >= 15 is 0 Å². The molecule has 0 radical (unpaired) electrons. The molecular weight excluding hydrogens is 284 g/mol. The summed E-state index contributed by atoms with van der Waals surface area (Å²) in [4.78, 5) is 11.5. The Morgan fingerprint density at radius 2 is 2.18 bits per heavy atom. The maximum Gasteiger partial charge on any atom is 0.337 e. The van der Waals surface area contributed by atoms with Crippen LogP contribution in [0.4, 0.5) is 0 Å². The summed E-state index contributed by atoms with van der Waals surface area (Å²) in [7, 11) is 1.38. The second-order valence-corrected chi connectivity index (χ2v) is 4.80. The molecule has 0 aliphatic carbocycles. The van der Waals surface area contributed by atoms with Gasteiger partial charge < -0.3 is 4.74 Å². The fourth-order valence-electron chi connectivity index (χ4n) is 1.74. The number of esters is 1. The summed E-state index contributed by atoms with van der Waals surface area (Å²) in [6.45, 7) is 4.09. The van der Waals surface area contributed by atoms with Gasteiger partial charge in [-0.25, -0.2) is 4.79 Å². The molecule has 0 unspecified atom stereocenters. The number of ether oxygens (including phenoxy) is 1. The molecule has 1 heterocycles. The number of rotatable bonds is 2. The topological polar surface area (TPSA) is 44.1 Å². The Labute approximate surface area is 108 Å². The highest BCUT2D eigenvalue weighted by Crippen LogP contribution is 2.26. The number of carbonyl (C=O) groups is 1. The number of hydrogen-bond acceptors (Lipinski definition) is 3. The SMILES string of the molecule is COC(=O)c1ccc2c(Br)nn(C(C)C)c2c1. The molecule has 1 aromatic carbocycles. The second-order valence-electron chi connectivity index (χ2n) is 4.05. The number of benzene rings is 1. The molecule has 0 amide bonds. The molecule has 0 N–H and O–H groups in total. The summed E-state index contributed by atoms with van der Waals surface area (Å²) in [5.74, 6) is -0.334. The van der Waals surface area contributed by atoms with Crippen LogP contribution in [0.25, 0.3) is 10.9 Å². The van der Waals surface area contributed by atoms with Crippen molar-refractivity contribution in [1.29, 1.82) is 0 Å². The Morgan fingerprint density at radius 3 is 2.76 bits per heavy atom. The van der Waals surface area contributed by atoms with Crippen LogP contribution in [0.15, 0.2) is 22.8 Å². The van der Waals surface area contributed by atoms with Crippen LogP contribution in [-0.4, -0.2) is 22.9 Å². The number of halogens is 1. The quantitative estimate of drug-likeness (QED) is 0.800. The maximum absolute atomic E-state index is 11.5. The molecule has 0 atom stereocenters. The molecule has 0 saturated heterocycles. The highest BCUT2D eigenvalue weighted by Gasteiger charge is 2.13. The van der Waals surface area contributed by atoms with Crippen molar-refractivity contribution in [1.82, 2.24) is 9.78 Å². The first-order chi connectivity index (χ1) is 8.04. The standard InChI is InChI=1S/C12H13BrN2O2/c1-7(2)15-10-6-8(12(16)17-3)4-5-9(10)11(13)14-15/h4-7H,1-3H3. The average molecular weight is 297 g/mol. The van der Waals surface area contributed by atoms with Crippen molar-refractivity contribution in [3.05, 3.63) is 28.4 Å². The Bertz CT molecular complexity index is 575. The van der Waals surface area contributed by atoms with Gasteiger partial charge in [0.2, 0.25) is 0 Å². The lowest BCUT2D eigenvalue weighted by atomic mass is 10.1. The number of hydrogen-bond donors (Lipinski definition) is 0. The Morgan fingerprint density at radius 1 is 1.47 bits per heavy atom. The number of aromatic nitrogens is 2. The minimum Gasteiger partial charge on any atom is -0.465 e. The minimum atomic E-state index is -0.334. The Hall–Kier alpha value is -1.36. The van der Waals surface area contributed by atoms with Crippen LogP contribution in [0.1, 0.15) is 30.2 Å². The van der Waals surface area contributed by atoms with Crippen molar-refractivity contribution in [3.63, 3.8) is 0 Å². The van der Waals surface area contributed by atoms with Crippen molar-refractivity contribution in [2.75, 3.05) is 7.11 Å². The highest BCUT2D eigenvalue weighted by atomic mass is 79.9. The summed E-state index contributed by atoms with van der Waals surface area (Å²) in [5.41, 5.74) is 1.46. The molecule has 2 aromatic rings. The molecule has 0 aliphatic heterocycles. The molecular formula is C12H13BrN2O2. The van der Waals surface area contributed by atoms with Crippen molar-refractivity contribution in [2.45, 2.75) is 19.9 Å².